The van der Waals surface area contributed by atoms with Crippen LogP contribution in [0.2, 0.25) is 0 Å². The van der Waals surface area contributed by atoms with E-state index in [4.69, 9.17) is 4.74 Å². The Hall–Kier alpha value is -3.01. The molecular weight excluding hydrogens is 338 g/mol. The monoisotopic (exact) mass is 359 g/mol. The predicted molar refractivity (Wildman–Crippen MR) is 104 cm³/mol. The summed E-state index contributed by atoms with van der Waals surface area (Å²) >= 11 is 0. The number of ether oxygens (including phenoxy) is 1. The highest BCUT2D eigenvalue weighted by Gasteiger charge is 2.47. The van der Waals surface area contributed by atoms with Gasteiger partial charge >= 0.3 is 5.97 Å². The summed E-state index contributed by atoms with van der Waals surface area (Å²) < 4.78 is 5.31. The lowest BCUT2D eigenvalue weighted by Crippen LogP contribution is -2.32. The number of hydrogen-bond donors (Lipinski definition) is 0. The van der Waals surface area contributed by atoms with Crippen molar-refractivity contribution in [3.8, 4) is 0 Å². The lowest BCUT2D eigenvalue weighted by atomic mass is 9.75. The van der Waals surface area contributed by atoms with Crippen molar-refractivity contribution in [2.75, 3.05) is 6.61 Å². The van der Waals surface area contributed by atoms with Gasteiger partial charge in [0.15, 0.2) is 5.78 Å². The number of benzene rings is 2. The number of aryl methyl sites for hydroxylation is 1. The third-order valence-corrected chi connectivity index (χ3v) is 5.30. The van der Waals surface area contributed by atoms with Gasteiger partial charge in [-0.05, 0) is 26.3 Å². The Morgan fingerprint density at radius 2 is 1.67 bits per heavy atom. The fourth-order valence-electron chi connectivity index (χ4n) is 4.07. The Balaban J connectivity index is 1.93. The van der Waals surface area contributed by atoms with Gasteiger partial charge in [0.05, 0.1) is 23.8 Å². The second-order valence-electron chi connectivity index (χ2n) is 6.99. The zero-order chi connectivity index (χ0) is 19.1. The first-order valence-corrected chi connectivity index (χ1v) is 9.19. The molecule has 4 heteroatoms. The van der Waals surface area contributed by atoms with E-state index in [1.165, 1.54) is 0 Å². The van der Waals surface area contributed by atoms with Gasteiger partial charge in [-0.2, -0.15) is 0 Å². The molecule has 1 aliphatic carbocycles. The number of carbonyl (C=O) groups is 2. The van der Waals surface area contributed by atoms with Crippen molar-refractivity contribution in [1.82, 2.24) is 0 Å². The topological polar surface area (TPSA) is 55.7 Å². The Morgan fingerprint density at radius 3 is 2.33 bits per heavy atom. The number of fused-ring (bicyclic) bond motifs is 3. The maximum atomic E-state index is 13.3. The molecule has 2 atom stereocenters. The zero-order valence-corrected chi connectivity index (χ0v) is 15.7. The molecule has 2 aromatic rings. The van der Waals surface area contributed by atoms with Gasteiger partial charge in [0.25, 0.3) is 0 Å². The molecule has 0 spiro atoms. The van der Waals surface area contributed by atoms with Gasteiger partial charge in [-0.15, -0.1) is 0 Å². The van der Waals surface area contributed by atoms with Gasteiger partial charge in [-0.1, -0.05) is 54.1 Å². The lowest BCUT2D eigenvalue weighted by molar-refractivity contribution is -0.139. The summed E-state index contributed by atoms with van der Waals surface area (Å²) in [5.41, 5.74) is 5.46. The minimum absolute atomic E-state index is 0.0178. The lowest BCUT2D eigenvalue weighted by Gasteiger charge is -2.30. The van der Waals surface area contributed by atoms with Crippen LogP contribution in [0.25, 0.3) is 0 Å². The first-order valence-electron chi connectivity index (χ1n) is 9.19. The van der Waals surface area contributed by atoms with Gasteiger partial charge in [-0.25, -0.2) is 4.79 Å². The highest BCUT2D eigenvalue weighted by Crippen LogP contribution is 2.45. The molecule has 2 aromatic carbocycles. The molecule has 0 fully saturated rings. The van der Waals surface area contributed by atoms with Crippen molar-refractivity contribution in [2.24, 2.45) is 10.9 Å². The van der Waals surface area contributed by atoms with Gasteiger partial charge in [-0.3, -0.25) is 9.79 Å². The van der Waals surface area contributed by atoms with E-state index in [0.29, 0.717) is 16.8 Å². The predicted octanol–water partition coefficient (Wildman–Crippen LogP) is 4.23. The molecule has 4 nitrogen and oxygen atoms in total. The number of aliphatic imine (C=N–C) groups is 1. The van der Waals surface area contributed by atoms with E-state index in [2.05, 4.69) is 4.99 Å². The summed E-state index contributed by atoms with van der Waals surface area (Å²) in [5, 5.41) is 0. The molecule has 0 unspecified atom stereocenters. The van der Waals surface area contributed by atoms with E-state index in [-0.39, 0.29) is 12.4 Å². The number of rotatable bonds is 3. The normalized spacial score (nSPS) is 20.9. The highest BCUT2D eigenvalue weighted by atomic mass is 16.5. The number of Topliss-reactive ketones (excluding diaryl/α,β-unsaturated/α-hetero) is 1. The van der Waals surface area contributed by atoms with E-state index in [0.717, 1.165) is 22.4 Å². The van der Waals surface area contributed by atoms with E-state index in [9.17, 15) is 9.59 Å². The fourth-order valence-corrected chi connectivity index (χ4v) is 4.07. The quantitative estimate of drug-likeness (QED) is 0.771. The average Bonchev–Trinajstić information content (AvgIpc) is 2.94. The van der Waals surface area contributed by atoms with Crippen LogP contribution >= 0.6 is 0 Å². The van der Waals surface area contributed by atoms with Gasteiger partial charge < -0.3 is 4.74 Å². The number of carbonyl (C=O) groups excluding carboxylic acids is 2. The number of nitrogens with zero attached hydrogens (tertiary/aromatic N) is 1. The largest absolute Gasteiger partial charge is 0.463 e. The minimum atomic E-state index is -0.492. The van der Waals surface area contributed by atoms with Crippen molar-refractivity contribution in [3.05, 3.63) is 82.1 Å². The van der Waals surface area contributed by atoms with Crippen LogP contribution in [-0.2, 0) is 9.53 Å². The van der Waals surface area contributed by atoms with Crippen LogP contribution in [-0.4, -0.2) is 24.1 Å². The number of allylic oxidation sites excluding steroid dienone is 1. The summed E-state index contributed by atoms with van der Waals surface area (Å²) in [6, 6.07) is 15.5. The first-order chi connectivity index (χ1) is 13.0. The smallest absolute Gasteiger partial charge is 0.336 e. The summed E-state index contributed by atoms with van der Waals surface area (Å²) in [6.45, 7) is 5.90. The second-order valence-corrected chi connectivity index (χ2v) is 6.99. The van der Waals surface area contributed by atoms with E-state index in [1.54, 1.807) is 6.92 Å². The third-order valence-electron chi connectivity index (χ3n) is 5.30. The molecule has 1 heterocycles. The van der Waals surface area contributed by atoms with Crippen molar-refractivity contribution < 1.29 is 14.3 Å². The van der Waals surface area contributed by atoms with E-state index < -0.39 is 17.8 Å². The third kappa shape index (κ3) is 2.72. The van der Waals surface area contributed by atoms with Crippen molar-refractivity contribution in [1.29, 1.82) is 0 Å². The van der Waals surface area contributed by atoms with Crippen LogP contribution in [0.5, 0.6) is 0 Å². The summed E-state index contributed by atoms with van der Waals surface area (Å²) in [5.74, 6) is -1.26. The van der Waals surface area contributed by atoms with Gasteiger partial charge in [0.1, 0.15) is 0 Å². The van der Waals surface area contributed by atoms with Crippen LogP contribution in [0.3, 0.4) is 0 Å². The molecule has 27 heavy (non-hydrogen) atoms. The van der Waals surface area contributed by atoms with Gasteiger partial charge in [0, 0.05) is 22.7 Å². The molecule has 0 N–H and O–H groups in total. The Bertz CT molecular complexity index is 999. The SMILES string of the molecule is CCOC(=O)C1=C(C)N=C2c3ccccc3C(=O)[C@H]2[C@H]1c1ccc(C)cc1. The molecule has 1 aliphatic heterocycles. The molecule has 4 rings (SSSR count). The first kappa shape index (κ1) is 17.4. The molecule has 0 saturated carbocycles. The van der Waals surface area contributed by atoms with E-state index >= 15 is 0 Å². The molecule has 0 bridgehead atoms. The number of esters is 1. The Labute approximate surface area is 158 Å². The van der Waals surface area contributed by atoms with Gasteiger partial charge in [0.2, 0.25) is 0 Å². The highest BCUT2D eigenvalue weighted by molar-refractivity contribution is 6.30. The average molecular weight is 359 g/mol. The maximum absolute atomic E-state index is 13.3. The molecule has 0 aromatic heterocycles. The summed E-state index contributed by atoms with van der Waals surface area (Å²) in [4.78, 5) is 30.7. The summed E-state index contributed by atoms with van der Waals surface area (Å²) in [7, 11) is 0. The Kier molecular flexibility index (Phi) is 4.27. The molecule has 0 amide bonds. The van der Waals surface area contributed by atoms with Crippen LogP contribution in [0.4, 0.5) is 0 Å². The summed E-state index contributed by atoms with van der Waals surface area (Å²) in [6.07, 6.45) is 0. The van der Waals surface area contributed by atoms with E-state index in [1.807, 2.05) is 62.4 Å². The standard InChI is InChI=1S/C23H21NO3/c1-4-27-23(26)18-14(3)24-21-16-7-5-6-8-17(16)22(25)20(21)19(18)15-11-9-13(2)10-12-15/h5-12,19-20H,4H2,1-3H3/t19-,20-/m0/s1. The van der Waals surface area contributed by atoms with Crippen molar-refractivity contribution >= 4 is 17.5 Å². The molecular formula is C23H21NO3. The van der Waals surface area contributed by atoms with Crippen molar-refractivity contribution in [3.63, 3.8) is 0 Å². The van der Waals surface area contributed by atoms with Crippen LogP contribution < -0.4 is 0 Å². The Morgan fingerprint density at radius 1 is 1.00 bits per heavy atom. The molecule has 0 saturated heterocycles. The van der Waals surface area contributed by atoms with Crippen LogP contribution in [0.1, 0.15) is 46.8 Å². The van der Waals surface area contributed by atoms with Crippen molar-refractivity contribution in [2.45, 2.75) is 26.7 Å². The van der Waals surface area contributed by atoms with Crippen LogP contribution in [0.15, 0.2) is 64.8 Å². The molecule has 0 radical (unpaired) electrons. The fraction of sp³-hybridized carbons (Fsp3) is 0.261. The second kappa shape index (κ2) is 6.62. The molecule has 136 valence electrons. The van der Waals surface area contributed by atoms with Crippen LogP contribution in [0, 0.1) is 12.8 Å². The zero-order valence-electron chi connectivity index (χ0n) is 15.7. The molecule has 2 aliphatic rings. The minimum Gasteiger partial charge on any atom is -0.463 e. The number of hydrogen-bond acceptors (Lipinski definition) is 4. The maximum Gasteiger partial charge on any atom is 0.336 e. The number of ketones is 1.